The number of pyridine rings is 1. The molecule has 1 aromatic carbocycles. The Hall–Kier alpha value is -2.36. The van der Waals surface area contributed by atoms with Crippen LogP contribution in [0.15, 0.2) is 30.3 Å². The smallest absolute Gasteiger partial charge is 0.339 e. The third-order valence-electron chi connectivity index (χ3n) is 4.40. The Kier molecular flexibility index (Phi) is 2.70. The zero-order valence-electron chi connectivity index (χ0n) is 11.7. The minimum absolute atomic E-state index is 0.337. The number of aromatic carboxylic acids is 1. The van der Waals surface area contributed by atoms with Gasteiger partial charge in [0.1, 0.15) is 11.4 Å². The molecule has 0 spiro atoms. The lowest BCUT2D eigenvalue weighted by Gasteiger charge is -2.20. The Labute approximate surface area is 123 Å². The van der Waals surface area contributed by atoms with Crippen molar-refractivity contribution in [3.05, 3.63) is 58.3 Å². The molecule has 1 aliphatic heterocycles. The maximum atomic E-state index is 11.6. The Morgan fingerprint density at radius 2 is 1.81 bits per heavy atom. The van der Waals surface area contributed by atoms with Crippen molar-refractivity contribution in [1.82, 2.24) is 4.98 Å². The molecule has 0 bridgehead atoms. The molecule has 2 heterocycles. The summed E-state index contributed by atoms with van der Waals surface area (Å²) < 4.78 is 0. The van der Waals surface area contributed by atoms with Gasteiger partial charge in [-0.05, 0) is 42.0 Å². The SMILES string of the molecule is O=C(O)c1cc2c(nc1N1Cc3ccccc3C1)CCC2. The Morgan fingerprint density at radius 1 is 1.10 bits per heavy atom. The van der Waals surface area contributed by atoms with Crippen LogP contribution in [0.2, 0.25) is 0 Å². The molecule has 0 amide bonds. The number of carboxylic acid groups (broad SMARTS) is 1. The highest BCUT2D eigenvalue weighted by Gasteiger charge is 2.27. The second kappa shape index (κ2) is 4.58. The first-order chi connectivity index (χ1) is 10.2. The summed E-state index contributed by atoms with van der Waals surface area (Å²) >= 11 is 0. The molecule has 1 N–H and O–H groups in total. The van der Waals surface area contributed by atoms with Gasteiger partial charge in [-0.15, -0.1) is 0 Å². The highest BCUT2D eigenvalue weighted by molar-refractivity contribution is 5.93. The van der Waals surface area contributed by atoms with Crippen LogP contribution in [0.5, 0.6) is 0 Å². The van der Waals surface area contributed by atoms with Gasteiger partial charge in [-0.2, -0.15) is 0 Å². The van der Waals surface area contributed by atoms with E-state index in [1.165, 1.54) is 11.1 Å². The van der Waals surface area contributed by atoms with E-state index in [1.807, 2.05) is 18.2 Å². The van der Waals surface area contributed by atoms with Crippen LogP contribution in [0.25, 0.3) is 0 Å². The highest BCUT2D eigenvalue weighted by Crippen LogP contribution is 2.32. The minimum atomic E-state index is -0.886. The average molecular weight is 280 g/mol. The van der Waals surface area contributed by atoms with Gasteiger partial charge in [0.15, 0.2) is 0 Å². The first kappa shape index (κ1) is 12.4. The molecule has 1 aliphatic carbocycles. The van der Waals surface area contributed by atoms with E-state index in [4.69, 9.17) is 0 Å². The van der Waals surface area contributed by atoms with E-state index < -0.39 is 5.97 Å². The van der Waals surface area contributed by atoms with Crippen molar-refractivity contribution < 1.29 is 9.90 Å². The van der Waals surface area contributed by atoms with Gasteiger partial charge in [-0.1, -0.05) is 24.3 Å². The summed E-state index contributed by atoms with van der Waals surface area (Å²) in [6.07, 6.45) is 2.98. The summed E-state index contributed by atoms with van der Waals surface area (Å²) in [4.78, 5) is 18.3. The van der Waals surface area contributed by atoms with E-state index in [1.54, 1.807) is 0 Å². The van der Waals surface area contributed by atoms with Gasteiger partial charge < -0.3 is 10.0 Å². The lowest BCUT2D eigenvalue weighted by molar-refractivity contribution is 0.0697. The molecule has 2 aromatic rings. The molecule has 0 unspecified atom stereocenters. The third-order valence-corrected chi connectivity index (χ3v) is 4.40. The fourth-order valence-corrected chi connectivity index (χ4v) is 3.34. The second-order valence-electron chi connectivity index (χ2n) is 5.75. The van der Waals surface area contributed by atoms with Gasteiger partial charge in [0.25, 0.3) is 0 Å². The maximum absolute atomic E-state index is 11.6. The zero-order chi connectivity index (χ0) is 14.4. The fourth-order valence-electron chi connectivity index (χ4n) is 3.34. The number of aromatic nitrogens is 1. The van der Waals surface area contributed by atoms with E-state index in [9.17, 15) is 9.90 Å². The van der Waals surface area contributed by atoms with Crippen molar-refractivity contribution in [2.45, 2.75) is 32.4 Å². The molecule has 0 fully saturated rings. The molecule has 0 saturated heterocycles. The van der Waals surface area contributed by atoms with Gasteiger partial charge >= 0.3 is 5.97 Å². The number of nitrogens with zero attached hydrogens (tertiary/aromatic N) is 2. The van der Waals surface area contributed by atoms with Crippen molar-refractivity contribution in [3.63, 3.8) is 0 Å². The molecule has 0 atom stereocenters. The van der Waals surface area contributed by atoms with Gasteiger partial charge in [-0.3, -0.25) is 0 Å². The van der Waals surface area contributed by atoms with Crippen LogP contribution in [-0.2, 0) is 25.9 Å². The first-order valence-corrected chi connectivity index (χ1v) is 7.30. The Balaban J connectivity index is 1.77. The standard InChI is InChI=1S/C17H16N2O2/c20-17(21)14-8-11-6-3-7-15(11)18-16(14)19-9-12-4-1-2-5-13(12)10-19/h1-2,4-5,8H,3,6-7,9-10H2,(H,20,21). The quantitative estimate of drug-likeness (QED) is 0.919. The molecule has 2 aliphatic rings. The predicted molar refractivity (Wildman–Crippen MR) is 79.6 cm³/mol. The second-order valence-corrected chi connectivity index (χ2v) is 5.75. The largest absolute Gasteiger partial charge is 0.478 e. The molecule has 4 heteroatoms. The molecular weight excluding hydrogens is 264 g/mol. The van der Waals surface area contributed by atoms with Crippen LogP contribution < -0.4 is 4.90 Å². The summed E-state index contributed by atoms with van der Waals surface area (Å²) in [7, 11) is 0. The topological polar surface area (TPSA) is 53.4 Å². The van der Waals surface area contributed by atoms with Gasteiger partial charge in [0, 0.05) is 18.8 Å². The predicted octanol–water partition coefficient (Wildman–Crippen LogP) is 2.79. The maximum Gasteiger partial charge on any atom is 0.339 e. The van der Waals surface area contributed by atoms with Crippen molar-refractivity contribution in [1.29, 1.82) is 0 Å². The molecule has 1 aromatic heterocycles. The van der Waals surface area contributed by atoms with Gasteiger partial charge in [0.2, 0.25) is 0 Å². The van der Waals surface area contributed by atoms with Crippen LogP contribution >= 0.6 is 0 Å². The number of aryl methyl sites for hydroxylation is 2. The van der Waals surface area contributed by atoms with E-state index in [-0.39, 0.29) is 0 Å². The van der Waals surface area contributed by atoms with E-state index in [2.05, 4.69) is 22.0 Å². The van der Waals surface area contributed by atoms with E-state index >= 15 is 0 Å². The third kappa shape index (κ3) is 1.98. The molecule has 0 saturated carbocycles. The molecule has 106 valence electrons. The molecule has 21 heavy (non-hydrogen) atoms. The number of carbonyl (C=O) groups is 1. The monoisotopic (exact) mass is 280 g/mol. The van der Waals surface area contributed by atoms with E-state index in [0.29, 0.717) is 11.4 Å². The number of fused-ring (bicyclic) bond motifs is 2. The van der Waals surface area contributed by atoms with Crippen LogP contribution in [0.4, 0.5) is 5.82 Å². The van der Waals surface area contributed by atoms with Crippen molar-refractivity contribution in [2.75, 3.05) is 4.90 Å². The summed E-state index contributed by atoms with van der Waals surface area (Å²) in [5, 5.41) is 9.51. The normalized spacial score (nSPS) is 15.9. The lowest BCUT2D eigenvalue weighted by atomic mass is 10.1. The summed E-state index contributed by atoms with van der Waals surface area (Å²) in [5.41, 5.74) is 5.04. The van der Waals surface area contributed by atoms with Crippen LogP contribution in [0.1, 0.15) is 39.2 Å². The van der Waals surface area contributed by atoms with Crippen molar-refractivity contribution >= 4 is 11.8 Å². The highest BCUT2D eigenvalue weighted by atomic mass is 16.4. The first-order valence-electron chi connectivity index (χ1n) is 7.30. The minimum Gasteiger partial charge on any atom is -0.478 e. The summed E-state index contributed by atoms with van der Waals surface area (Å²) in [5.74, 6) is -0.262. The number of carboxylic acids is 1. The van der Waals surface area contributed by atoms with Crippen molar-refractivity contribution in [2.24, 2.45) is 0 Å². The van der Waals surface area contributed by atoms with Crippen LogP contribution in [0.3, 0.4) is 0 Å². The Morgan fingerprint density at radius 3 is 2.48 bits per heavy atom. The Bertz CT molecular complexity index is 715. The number of benzene rings is 1. The molecule has 4 rings (SSSR count). The summed E-state index contributed by atoms with van der Waals surface area (Å²) in [6.45, 7) is 1.48. The zero-order valence-corrected chi connectivity index (χ0v) is 11.7. The van der Waals surface area contributed by atoms with E-state index in [0.717, 1.165) is 43.6 Å². The van der Waals surface area contributed by atoms with Gasteiger partial charge in [-0.25, -0.2) is 9.78 Å². The summed E-state index contributed by atoms with van der Waals surface area (Å²) in [6, 6.07) is 10.1. The van der Waals surface area contributed by atoms with Crippen LogP contribution in [0, 0.1) is 0 Å². The molecule has 0 radical (unpaired) electrons. The molecular formula is C17H16N2O2. The lowest BCUT2D eigenvalue weighted by Crippen LogP contribution is -2.20. The number of hydrogen-bond acceptors (Lipinski definition) is 3. The van der Waals surface area contributed by atoms with Crippen LogP contribution in [-0.4, -0.2) is 16.1 Å². The number of rotatable bonds is 2. The van der Waals surface area contributed by atoms with Crippen molar-refractivity contribution in [3.8, 4) is 0 Å². The molecule has 4 nitrogen and oxygen atoms in total. The van der Waals surface area contributed by atoms with Gasteiger partial charge in [0.05, 0.1) is 0 Å². The average Bonchev–Trinajstić information content (AvgIpc) is 3.11. The fraction of sp³-hybridized carbons (Fsp3) is 0.294. The number of anilines is 1. The number of hydrogen-bond donors (Lipinski definition) is 1.